The molecule has 1 atom stereocenters. The monoisotopic (exact) mass is 282 g/mol. The maximum atomic E-state index is 6.03. The van der Waals surface area contributed by atoms with E-state index in [0.29, 0.717) is 6.54 Å². The number of aryl methyl sites for hydroxylation is 2. The summed E-state index contributed by atoms with van der Waals surface area (Å²) in [5, 5.41) is 0. The first-order chi connectivity index (χ1) is 10.2. The fourth-order valence-corrected chi connectivity index (χ4v) is 2.78. The summed E-state index contributed by atoms with van der Waals surface area (Å²) in [5.74, 6) is 0. The molecule has 0 heterocycles. The number of hydrogen-bond donors (Lipinski definition) is 1. The Morgan fingerprint density at radius 1 is 1.00 bits per heavy atom. The van der Waals surface area contributed by atoms with Gasteiger partial charge in [0, 0.05) is 19.1 Å². The Kier molecular flexibility index (Phi) is 5.54. The van der Waals surface area contributed by atoms with Crippen LogP contribution in [0, 0.1) is 6.92 Å². The lowest BCUT2D eigenvalue weighted by Crippen LogP contribution is -2.30. The smallest absolute Gasteiger partial charge is 0.0473 e. The van der Waals surface area contributed by atoms with Crippen molar-refractivity contribution in [2.45, 2.75) is 32.9 Å². The molecular formula is C19H26N2. The molecule has 0 spiro atoms. The predicted octanol–water partition coefficient (Wildman–Crippen LogP) is 3.69. The van der Waals surface area contributed by atoms with E-state index in [2.05, 4.69) is 74.3 Å². The molecule has 2 aromatic carbocycles. The molecule has 0 amide bonds. The standard InChI is InChI=1S/C19H26N2/c1-4-16-9-11-17(12-10-16)14-21(3)19(13-20)18-8-6-5-7-15(18)2/h5-12,19H,4,13-14,20H2,1-3H3. The fraction of sp³-hybridized carbons (Fsp3) is 0.368. The highest BCUT2D eigenvalue weighted by molar-refractivity contribution is 5.29. The Balaban J connectivity index is 2.13. The summed E-state index contributed by atoms with van der Waals surface area (Å²) in [4.78, 5) is 2.34. The van der Waals surface area contributed by atoms with Gasteiger partial charge >= 0.3 is 0 Å². The first kappa shape index (κ1) is 15.7. The van der Waals surface area contributed by atoms with Gasteiger partial charge in [-0.05, 0) is 42.6 Å². The lowest BCUT2D eigenvalue weighted by Gasteiger charge is -2.28. The zero-order valence-electron chi connectivity index (χ0n) is 13.3. The van der Waals surface area contributed by atoms with Gasteiger partial charge in [0.2, 0.25) is 0 Å². The quantitative estimate of drug-likeness (QED) is 0.875. The van der Waals surface area contributed by atoms with Gasteiger partial charge in [0.15, 0.2) is 0 Å². The van der Waals surface area contributed by atoms with Gasteiger partial charge in [-0.3, -0.25) is 4.90 Å². The van der Waals surface area contributed by atoms with Crippen molar-refractivity contribution < 1.29 is 0 Å². The highest BCUT2D eigenvalue weighted by Crippen LogP contribution is 2.23. The summed E-state index contributed by atoms with van der Waals surface area (Å²) < 4.78 is 0. The molecule has 0 aromatic heterocycles. The molecule has 112 valence electrons. The van der Waals surface area contributed by atoms with Crippen LogP contribution in [-0.2, 0) is 13.0 Å². The summed E-state index contributed by atoms with van der Waals surface area (Å²) in [6.45, 7) is 5.89. The first-order valence-electron chi connectivity index (χ1n) is 7.69. The van der Waals surface area contributed by atoms with E-state index in [4.69, 9.17) is 5.73 Å². The second-order valence-corrected chi connectivity index (χ2v) is 5.69. The van der Waals surface area contributed by atoms with Crippen LogP contribution in [0.2, 0.25) is 0 Å². The van der Waals surface area contributed by atoms with Crippen molar-refractivity contribution in [1.82, 2.24) is 4.90 Å². The molecule has 0 saturated carbocycles. The van der Waals surface area contributed by atoms with Gasteiger partial charge in [-0.25, -0.2) is 0 Å². The highest BCUT2D eigenvalue weighted by Gasteiger charge is 2.17. The maximum absolute atomic E-state index is 6.03. The molecule has 2 rings (SSSR count). The van der Waals surface area contributed by atoms with E-state index in [1.165, 1.54) is 22.3 Å². The largest absolute Gasteiger partial charge is 0.329 e. The van der Waals surface area contributed by atoms with E-state index in [-0.39, 0.29) is 6.04 Å². The van der Waals surface area contributed by atoms with Crippen LogP contribution in [0.1, 0.15) is 35.2 Å². The SMILES string of the molecule is CCc1ccc(CN(C)C(CN)c2ccccc2C)cc1. The molecule has 0 aliphatic heterocycles. The van der Waals surface area contributed by atoms with Crippen LogP contribution in [0.25, 0.3) is 0 Å². The van der Waals surface area contributed by atoms with Crippen LogP contribution < -0.4 is 5.73 Å². The lowest BCUT2D eigenvalue weighted by atomic mass is 9.99. The van der Waals surface area contributed by atoms with Crippen LogP contribution in [0.5, 0.6) is 0 Å². The first-order valence-corrected chi connectivity index (χ1v) is 7.69. The molecule has 0 bridgehead atoms. The van der Waals surface area contributed by atoms with E-state index >= 15 is 0 Å². The predicted molar refractivity (Wildman–Crippen MR) is 90.3 cm³/mol. The van der Waals surface area contributed by atoms with Crippen LogP contribution in [0.15, 0.2) is 48.5 Å². The van der Waals surface area contributed by atoms with Gasteiger partial charge < -0.3 is 5.73 Å². The molecule has 2 heteroatoms. The molecular weight excluding hydrogens is 256 g/mol. The topological polar surface area (TPSA) is 29.3 Å². The summed E-state index contributed by atoms with van der Waals surface area (Å²) >= 11 is 0. The minimum atomic E-state index is 0.261. The van der Waals surface area contributed by atoms with Crippen LogP contribution in [-0.4, -0.2) is 18.5 Å². The van der Waals surface area contributed by atoms with E-state index in [1.807, 2.05) is 0 Å². The highest BCUT2D eigenvalue weighted by atomic mass is 15.1. The normalized spacial score (nSPS) is 12.6. The fourth-order valence-electron chi connectivity index (χ4n) is 2.78. The van der Waals surface area contributed by atoms with Crippen molar-refractivity contribution in [2.24, 2.45) is 5.73 Å². The second-order valence-electron chi connectivity index (χ2n) is 5.69. The molecule has 2 aromatic rings. The molecule has 1 unspecified atom stereocenters. The Hall–Kier alpha value is -1.64. The average Bonchev–Trinajstić information content (AvgIpc) is 2.50. The van der Waals surface area contributed by atoms with Gasteiger partial charge in [-0.2, -0.15) is 0 Å². The van der Waals surface area contributed by atoms with Crippen LogP contribution in [0.3, 0.4) is 0 Å². The van der Waals surface area contributed by atoms with E-state index in [9.17, 15) is 0 Å². The van der Waals surface area contributed by atoms with Gasteiger partial charge in [0.1, 0.15) is 0 Å². The number of nitrogens with two attached hydrogens (primary N) is 1. The maximum Gasteiger partial charge on any atom is 0.0473 e. The Morgan fingerprint density at radius 2 is 1.62 bits per heavy atom. The third-order valence-electron chi connectivity index (χ3n) is 4.17. The van der Waals surface area contributed by atoms with Crippen molar-refractivity contribution in [2.75, 3.05) is 13.6 Å². The molecule has 0 aliphatic carbocycles. The minimum absolute atomic E-state index is 0.261. The number of benzene rings is 2. The number of rotatable bonds is 6. The van der Waals surface area contributed by atoms with Crippen molar-refractivity contribution >= 4 is 0 Å². The third kappa shape index (κ3) is 3.93. The van der Waals surface area contributed by atoms with Gasteiger partial charge in [-0.15, -0.1) is 0 Å². The van der Waals surface area contributed by atoms with Gasteiger partial charge in [0.05, 0.1) is 0 Å². The Morgan fingerprint density at radius 3 is 2.19 bits per heavy atom. The van der Waals surface area contributed by atoms with Crippen molar-refractivity contribution in [3.63, 3.8) is 0 Å². The molecule has 2 N–H and O–H groups in total. The average molecular weight is 282 g/mol. The summed E-state index contributed by atoms with van der Waals surface area (Å²) in [6.07, 6.45) is 1.09. The van der Waals surface area contributed by atoms with E-state index < -0.39 is 0 Å². The summed E-state index contributed by atoms with van der Waals surface area (Å²) in [5.41, 5.74) is 11.4. The van der Waals surface area contributed by atoms with Gasteiger partial charge in [-0.1, -0.05) is 55.5 Å². The van der Waals surface area contributed by atoms with Crippen molar-refractivity contribution in [1.29, 1.82) is 0 Å². The molecule has 0 aliphatic rings. The molecule has 21 heavy (non-hydrogen) atoms. The Labute approximate surface area is 128 Å². The van der Waals surface area contributed by atoms with Crippen LogP contribution in [0.4, 0.5) is 0 Å². The van der Waals surface area contributed by atoms with Crippen LogP contribution >= 0.6 is 0 Å². The van der Waals surface area contributed by atoms with Gasteiger partial charge in [0.25, 0.3) is 0 Å². The molecule has 0 saturated heterocycles. The summed E-state index contributed by atoms with van der Waals surface area (Å²) in [6, 6.07) is 17.7. The molecule has 2 nitrogen and oxygen atoms in total. The summed E-state index contributed by atoms with van der Waals surface area (Å²) in [7, 11) is 2.15. The van der Waals surface area contributed by atoms with E-state index in [0.717, 1.165) is 13.0 Å². The number of nitrogens with zero attached hydrogens (tertiary/aromatic N) is 1. The number of likely N-dealkylation sites (N-methyl/N-ethyl adjacent to an activating group) is 1. The van der Waals surface area contributed by atoms with Crippen molar-refractivity contribution in [3.8, 4) is 0 Å². The lowest BCUT2D eigenvalue weighted by molar-refractivity contribution is 0.241. The van der Waals surface area contributed by atoms with E-state index in [1.54, 1.807) is 0 Å². The Bertz CT molecular complexity index is 560. The molecule has 0 fully saturated rings. The zero-order valence-corrected chi connectivity index (χ0v) is 13.3. The minimum Gasteiger partial charge on any atom is -0.329 e. The molecule has 0 radical (unpaired) electrons. The third-order valence-corrected chi connectivity index (χ3v) is 4.17. The zero-order chi connectivity index (χ0) is 15.2. The van der Waals surface area contributed by atoms with Crippen molar-refractivity contribution in [3.05, 3.63) is 70.8 Å². The second kappa shape index (κ2) is 7.39. The number of hydrogen-bond acceptors (Lipinski definition) is 2.